The van der Waals surface area contributed by atoms with Crippen molar-refractivity contribution in [3.63, 3.8) is 0 Å². The molecule has 2 aliphatic carbocycles. The van der Waals surface area contributed by atoms with Crippen LogP contribution in [0.5, 0.6) is 11.6 Å². The van der Waals surface area contributed by atoms with Crippen molar-refractivity contribution in [1.29, 1.82) is 0 Å². The van der Waals surface area contributed by atoms with Crippen LogP contribution in [0.25, 0.3) is 21.7 Å². The maximum atomic E-state index is 14.8. The molecule has 2 aliphatic heterocycles. The molecule has 0 radical (unpaired) electrons. The Kier molecular flexibility index (Phi) is 11.0. The van der Waals surface area contributed by atoms with Crippen LogP contribution in [0.2, 0.25) is 0 Å². The molecule has 61 heavy (non-hydrogen) atoms. The highest BCUT2D eigenvalue weighted by Gasteiger charge is 2.63. The minimum atomic E-state index is -4.99. The average molecular weight is 886 g/mol. The van der Waals surface area contributed by atoms with Crippen LogP contribution in [-0.4, -0.2) is 83.3 Å². The van der Waals surface area contributed by atoms with E-state index in [0.717, 1.165) is 29.5 Å². The molecule has 5 atom stereocenters. The summed E-state index contributed by atoms with van der Waals surface area (Å²) in [6, 6.07) is 8.32. The Morgan fingerprint density at radius 2 is 1.79 bits per heavy atom. The second-order valence-electron chi connectivity index (χ2n) is 16.5. The molecule has 2 saturated carbocycles. The van der Waals surface area contributed by atoms with Crippen LogP contribution in [0, 0.1) is 18.7 Å². The highest BCUT2D eigenvalue weighted by atomic mass is 32.2. The number of benzene rings is 2. The molecule has 19 heteroatoms. The van der Waals surface area contributed by atoms with E-state index in [1.807, 2.05) is 13.0 Å². The van der Waals surface area contributed by atoms with Crippen molar-refractivity contribution in [2.75, 3.05) is 6.54 Å². The number of aromatic nitrogens is 1. The molecule has 4 amide bonds. The summed E-state index contributed by atoms with van der Waals surface area (Å²) in [5.74, 6) is -4.68. The number of sulfonamides is 1. The van der Waals surface area contributed by atoms with Crippen molar-refractivity contribution < 1.29 is 54.6 Å². The SMILES string of the molecule is Cc1ccc(C(=O)N[C@H]2CCCCC/C=C\[C@@H]3C[C@@]3(C(=O)NS(=O)(=O)C3(C)CC3)NC(=O)[C@@H]3C[C@@H](Oc4nc5cc(OC(F)(F)F)ccc5c5ccc(F)cc45)CN3C2=O)s1. The number of hydrogen-bond donors (Lipinski definition) is 3. The predicted octanol–water partition coefficient (Wildman–Crippen LogP) is 6.34. The van der Waals surface area contributed by atoms with Gasteiger partial charge in [0.25, 0.3) is 11.8 Å². The molecule has 8 rings (SSSR count). The fourth-order valence-electron chi connectivity index (χ4n) is 8.11. The van der Waals surface area contributed by atoms with E-state index in [9.17, 15) is 45.2 Å². The number of alkyl halides is 3. The molecule has 4 aromatic rings. The Bertz CT molecular complexity index is 2580. The molecule has 0 spiro atoms. The number of ether oxygens (including phenoxy) is 2. The average Bonchev–Trinajstić information content (AvgIpc) is 3.99. The molecule has 4 aliphatic rings. The molecular weight excluding hydrogens is 843 g/mol. The molecule has 2 aromatic heterocycles. The van der Waals surface area contributed by atoms with Gasteiger partial charge in [0.05, 0.1) is 21.7 Å². The number of rotatable bonds is 8. The second kappa shape index (κ2) is 15.9. The highest BCUT2D eigenvalue weighted by Crippen LogP contribution is 2.48. The van der Waals surface area contributed by atoms with E-state index in [2.05, 4.69) is 25.1 Å². The first-order chi connectivity index (χ1) is 28.8. The zero-order chi connectivity index (χ0) is 43.5. The zero-order valence-electron chi connectivity index (χ0n) is 33.1. The Morgan fingerprint density at radius 3 is 2.51 bits per heavy atom. The molecule has 0 bridgehead atoms. The van der Waals surface area contributed by atoms with Crippen LogP contribution in [0.1, 0.15) is 79.3 Å². The number of halogens is 4. The number of amides is 4. The van der Waals surface area contributed by atoms with Gasteiger partial charge in [0, 0.05) is 34.1 Å². The van der Waals surface area contributed by atoms with Crippen molar-refractivity contribution >= 4 is 66.7 Å². The summed E-state index contributed by atoms with van der Waals surface area (Å²) in [6.45, 7) is 3.13. The normalized spacial score (nSPS) is 26.0. The van der Waals surface area contributed by atoms with E-state index in [1.165, 1.54) is 41.4 Å². The van der Waals surface area contributed by atoms with Gasteiger partial charge in [0.15, 0.2) is 0 Å². The zero-order valence-corrected chi connectivity index (χ0v) is 34.8. The van der Waals surface area contributed by atoms with Crippen LogP contribution in [-0.2, 0) is 24.4 Å². The number of thiophene rings is 1. The van der Waals surface area contributed by atoms with Crippen LogP contribution in [0.15, 0.2) is 60.7 Å². The molecule has 3 fully saturated rings. The lowest BCUT2D eigenvalue weighted by Crippen LogP contribution is -2.58. The van der Waals surface area contributed by atoms with E-state index >= 15 is 0 Å². The number of aryl methyl sites for hydroxylation is 1. The highest BCUT2D eigenvalue weighted by molar-refractivity contribution is 7.91. The molecule has 2 aromatic carbocycles. The number of carbonyl (C=O) groups excluding carboxylic acids is 4. The summed E-state index contributed by atoms with van der Waals surface area (Å²) in [5, 5.41) is 6.60. The van der Waals surface area contributed by atoms with Crippen molar-refractivity contribution in [2.45, 2.75) is 106 Å². The number of carbonyl (C=O) groups is 4. The lowest BCUT2D eigenvalue weighted by molar-refractivity contribution is -0.274. The first-order valence-corrected chi connectivity index (χ1v) is 22.3. The van der Waals surface area contributed by atoms with Gasteiger partial charge in [-0.15, -0.1) is 24.5 Å². The lowest BCUT2D eigenvalue weighted by atomic mass is 10.0. The third-order valence-electron chi connectivity index (χ3n) is 11.9. The number of fused-ring (bicyclic) bond motifs is 5. The number of hydrogen-bond acceptors (Lipinski definition) is 10. The molecule has 0 unspecified atom stereocenters. The summed E-state index contributed by atoms with van der Waals surface area (Å²) in [4.78, 5) is 63.7. The minimum Gasteiger partial charge on any atom is -0.472 e. The van der Waals surface area contributed by atoms with Gasteiger partial charge in [-0.1, -0.05) is 31.1 Å². The van der Waals surface area contributed by atoms with Crippen LogP contribution in [0.4, 0.5) is 17.6 Å². The largest absolute Gasteiger partial charge is 0.573 e. The van der Waals surface area contributed by atoms with Gasteiger partial charge in [0.2, 0.25) is 27.7 Å². The van der Waals surface area contributed by atoms with E-state index in [1.54, 1.807) is 18.2 Å². The Hall–Kier alpha value is -5.30. The number of pyridine rings is 1. The standard InChI is InChI=1S/C42H43F4N5O8S2/c1-23-10-15-34(60-23)36(53)47-31-9-7-5-3-4-6-8-24-21-41(24,39(55)50-61(56,57)40(2)16-17-40)49-35(52)33-20-27(22-51(33)38(31)54)58-37-30-18-25(43)11-13-28(30)29-14-12-26(19-32(29)48-37)59-42(44,45)46/h6,8,10-15,18-19,24,27,31,33H,3-5,7,9,16-17,20-22H2,1-2H3,(H,47,53)(H,49,52)(H,50,55)/b8-6-/t24-,27-,31+,33+,41-/m1/s1. The number of nitrogens with one attached hydrogen (secondary N) is 3. The van der Waals surface area contributed by atoms with E-state index in [-0.39, 0.29) is 42.6 Å². The smallest absolute Gasteiger partial charge is 0.472 e. The molecule has 3 N–H and O–H groups in total. The summed E-state index contributed by atoms with van der Waals surface area (Å²) in [6.07, 6.45) is 1.16. The molecular formula is C42H43F4N5O8S2. The monoisotopic (exact) mass is 885 g/mol. The maximum Gasteiger partial charge on any atom is 0.573 e. The fraction of sp³-hybridized carbons (Fsp3) is 0.452. The number of nitrogens with zero attached hydrogens (tertiary/aromatic N) is 2. The summed E-state index contributed by atoms with van der Waals surface area (Å²) >= 11 is 1.25. The number of allylic oxidation sites excluding steroid dienone is 1. The third-order valence-corrected chi connectivity index (χ3v) is 15.1. The van der Waals surface area contributed by atoms with Crippen LogP contribution < -0.4 is 24.8 Å². The van der Waals surface area contributed by atoms with Crippen molar-refractivity contribution in [2.24, 2.45) is 5.92 Å². The van der Waals surface area contributed by atoms with E-state index < -0.39 is 86.0 Å². The van der Waals surface area contributed by atoms with E-state index in [4.69, 9.17) is 4.74 Å². The molecule has 324 valence electrons. The van der Waals surface area contributed by atoms with Gasteiger partial charge < -0.3 is 25.0 Å². The topological polar surface area (TPSA) is 173 Å². The third kappa shape index (κ3) is 8.76. The van der Waals surface area contributed by atoms with Gasteiger partial charge in [0.1, 0.15) is 35.3 Å². The first kappa shape index (κ1) is 42.4. The Morgan fingerprint density at radius 1 is 1.02 bits per heavy atom. The summed E-state index contributed by atoms with van der Waals surface area (Å²) in [5.41, 5.74) is -1.62. The maximum absolute atomic E-state index is 14.8. The second-order valence-corrected chi connectivity index (χ2v) is 20.0. The van der Waals surface area contributed by atoms with Gasteiger partial charge >= 0.3 is 6.36 Å². The van der Waals surface area contributed by atoms with Crippen LogP contribution >= 0.6 is 11.3 Å². The quantitative estimate of drug-likeness (QED) is 0.104. The Balaban J connectivity index is 1.14. The lowest BCUT2D eigenvalue weighted by Gasteiger charge is -2.30. The Labute approximate surface area is 352 Å². The van der Waals surface area contributed by atoms with Crippen molar-refractivity contribution in [1.82, 2.24) is 25.2 Å². The predicted molar refractivity (Wildman–Crippen MR) is 217 cm³/mol. The molecule has 1 saturated heterocycles. The molecule has 13 nitrogen and oxygen atoms in total. The minimum absolute atomic E-state index is 0.0277. The summed E-state index contributed by atoms with van der Waals surface area (Å²) < 4.78 is 92.3. The molecule has 4 heterocycles. The van der Waals surface area contributed by atoms with Gasteiger partial charge in [-0.05, 0) is 94.2 Å². The van der Waals surface area contributed by atoms with Gasteiger partial charge in [-0.3, -0.25) is 23.9 Å². The van der Waals surface area contributed by atoms with Crippen molar-refractivity contribution in [3.8, 4) is 11.6 Å². The fourth-order valence-corrected chi connectivity index (χ4v) is 10.2. The van der Waals surface area contributed by atoms with Crippen LogP contribution in [0.3, 0.4) is 0 Å². The van der Waals surface area contributed by atoms with E-state index in [0.29, 0.717) is 47.8 Å². The summed E-state index contributed by atoms with van der Waals surface area (Å²) in [7, 11) is -4.08. The van der Waals surface area contributed by atoms with Crippen molar-refractivity contribution in [3.05, 3.63) is 76.3 Å². The van der Waals surface area contributed by atoms with Gasteiger partial charge in [-0.25, -0.2) is 17.8 Å². The van der Waals surface area contributed by atoms with Gasteiger partial charge in [-0.2, -0.15) is 0 Å². The first-order valence-electron chi connectivity index (χ1n) is 20.0.